The van der Waals surface area contributed by atoms with Gasteiger partial charge in [-0.25, -0.2) is 4.63 Å². The number of nitrogens with one attached hydrogen (secondary N) is 1. The summed E-state index contributed by atoms with van der Waals surface area (Å²) in [4.78, 5) is 0. The fourth-order valence-corrected chi connectivity index (χ4v) is 2.13. The van der Waals surface area contributed by atoms with Gasteiger partial charge in [0, 0.05) is 19.5 Å². The summed E-state index contributed by atoms with van der Waals surface area (Å²) < 4.78 is 10.5. The molecule has 0 fully saturated rings. The second kappa shape index (κ2) is 4.78. The first-order valence-corrected chi connectivity index (χ1v) is 6.06. The first-order chi connectivity index (χ1) is 8.83. The minimum absolute atomic E-state index is 0.197. The molecule has 1 aromatic carbocycles. The second-order valence-electron chi connectivity index (χ2n) is 4.48. The first kappa shape index (κ1) is 11.2. The van der Waals surface area contributed by atoms with Crippen LogP contribution in [0, 0.1) is 6.92 Å². The summed E-state index contributed by atoms with van der Waals surface area (Å²) >= 11 is 0. The van der Waals surface area contributed by atoms with Crippen molar-refractivity contribution < 1.29 is 9.37 Å². The van der Waals surface area contributed by atoms with Gasteiger partial charge in [0.25, 0.3) is 0 Å². The number of aromatic nitrogens is 2. The maximum absolute atomic E-state index is 5.83. The lowest BCUT2D eigenvalue weighted by Gasteiger charge is -2.10. The number of benzene rings is 1. The minimum atomic E-state index is 0.197. The third kappa shape index (κ3) is 2.22. The van der Waals surface area contributed by atoms with Gasteiger partial charge < -0.3 is 10.1 Å². The van der Waals surface area contributed by atoms with Gasteiger partial charge >= 0.3 is 0 Å². The van der Waals surface area contributed by atoms with Gasteiger partial charge in [-0.1, -0.05) is 28.5 Å². The Labute approximate surface area is 105 Å². The van der Waals surface area contributed by atoms with Crippen molar-refractivity contribution >= 4 is 0 Å². The Bertz CT molecular complexity index is 514. The van der Waals surface area contributed by atoms with Crippen molar-refractivity contribution in [2.75, 3.05) is 6.54 Å². The fraction of sp³-hybridized carbons (Fsp3) is 0.385. The molecule has 0 bridgehead atoms. The van der Waals surface area contributed by atoms with Crippen molar-refractivity contribution in [1.82, 2.24) is 15.6 Å². The van der Waals surface area contributed by atoms with Gasteiger partial charge in [-0.15, -0.1) is 0 Å². The van der Waals surface area contributed by atoms with Crippen LogP contribution in [-0.2, 0) is 13.0 Å². The van der Waals surface area contributed by atoms with E-state index in [1.807, 2.05) is 25.1 Å². The van der Waals surface area contributed by atoms with Gasteiger partial charge in [-0.2, -0.15) is 0 Å². The van der Waals surface area contributed by atoms with E-state index in [2.05, 4.69) is 26.3 Å². The smallest absolute Gasteiger partial charge is 0.123 e. The van der Waals surface area contributed by atoms with Crippen LogP contribution in [0.25, 0.3) is 0 Å². The summed E-state index contributed by atoms with van der Waals surface area (Å²) in [6.07, 6.45) is 1.15. The number of para-hydroxylation sites is 1. The van der Waals surface area contributed by atoms with Crippen LogP contribution in [0.5, 0.6) is 5.75 Å². The Hall–Kier alpha value is -1.88. The first-order valence-electron chi connectivity index (χ1n) is 6.06. The molecule has 1 aromatic heterocycles. The maximum atomic E-state index is 5.83. The van der Waals surface area contributed by atoms with E-state index in [1.54, 1.807) is 0 Å². The highest BCUT2D eigenvalue weighted by atomic mass is 16.6. The molecule has 1 atom stereocenters. The van der Waals surface area contributed by atoms with E-state index in [-0.39, 0.29) is 6.10 Å². The minimum Gasteiger partial charge on any atom is -0.488 e. The average molecular weight is 245 g/mol. The number of aryl methyl sites for hydroxylation is 1. The molecule has 5 heteroatoms. The molecule has 0 spiro atoms. The lowest BCUT2D eigenvalue weighted by molar-refractivity contribution is 0.226. The molecule has 1 aliphatic heterocycles. The van der Waals surface area contributed by atoms with E-state index >= 15 is 0 Å². The zero-order valence-corrected chi connectivity index (χ0v) is 10.2. The standard InChI is InChI=1S/C13H15N3O2/c1-9-12(16-18-15-9)8-14-7-11-6-10-4-2-3-5-13(10)17-11/h2-5,11,14H,6-8H2,1H3. The van der Waals surface area contributed by atoms with Crippen LogP contribution in [0.2, 0.25) is 0 Å². The highest BCUT2D eigenvalue weighted by Crippen LogP contribution is 2.27. The summed E-state index contributed by atoms with van der Waals surface area (Å²) in [5.41, 5.74) is 2.97. The maximum Gasteiger partial charge on any atom is 0.123 e. The van der Waals surface area contributed by atoms with Gasteiger partial charge in [0.05, 0.1) is 0 Å². The highest BCUT2D eigenvalue weighted by Gasteiger charge is 2.21. The SMILES string of the molecule is Cc1nonc1CNCC1Cc2ccccc2O1. The molecule has 1 aliphatic rings. The molecule has 2 heterocycles. The van der Waals surface area contributed by atoms with Crippen molar-refractivity contribution in [3.05, 3.63) is 41.2 Å². The lowest BCUT2D eigenvalue weighted by atomic mass is 10.1. The molecular weight excluding hydrogens is 230 g/mol. The number of fused-ring (bicyclic) bond motifs is 1. The molecule has 0 aliphatic carbocycles. The Balaban J connectivity index is 1.50. The topological polar surface area (TPSA) is 60.2 Å². The van der Waals surface area contributed by atoms with Crippen molar-refractivity contribution in [3.8, 4) is 5.75 Å². The van der Waals surface area contributed by atoms with E-state index in [0.29, 0.717) is 6.54 Å². The molecule has 5 nitrogen and oxygen atoms in total. The predicted molar refractivity (Wildman–Crippen MR) is 65.3 cm³/mol. The van der Waals surface area contributed by atoms with Crippen LogP contribution in [0.3, 0.4) is 0 Å². The molecule has 0 amide bonds. The third-order valence-electron chi connectivity index (χ3n) is 3.12. The molecule has 18 heavy (non-hydrogen) atoms. The average Bonchev–Trinajstić information content (AvgIpc) is 2.96. The van der Waals surface area contributed by atoms with Crippen LogP contribution in [0.1, 0.15) is 17.0 Å². The monoisotopic (exact) mass is 245 g/mol. The molecule has 0 saturated heterocycles. The summed E-state index contributed by atoms with van der Waals surface area (Å²) in [6.45, 7) is 3.34. The molecule has 1 N–H and O–H groups in total. The molecule has 1 unspecified atom stereocenters. The normalized spacial score (nSPS) is 17.5. The van der Waals surface area contributed by atoms with Crippen LogP contribution in [0.4, 0.5) is 0 Å². The van der Waals surface area contributed by atoms with E-state index in [0.717, 1.165) is 30.1 Å². The molecule has 94 valence electrons. The second-order valence-corrected chi connectivity index (χ2v) is 4.48. The van der Waals surface area contributed by atoms with Gasteiger partial charge in [-0.3, -0.25) is 0 Å². The number of hydrogen-bond acceptors (Lipinski definition) is 5. The largest absolute Gasteiger partial charge is 0.488 e. The van der Waals surface area contributed by atoms with Crippen molar-refractivity contribution in [1.29, 1.82) is 0 Å². The van der Waals surface area contributed by atoms with Crippen molar-refractivity contribution in [3.63, 3.8) is 0 Å². The van der Waals surface area contributed by atoms with Crippen LogP contribution < -0.4 is 10.1 Å². The Kier molecular flexibility index (Phi) is 2.98. The van der Waals surface area contributed by atoms with Crippen LogP contribution in [-0.4, -0.2) is 23.0 Å². The van der Waals surface area contributed by atoms with Gasteiger partial charge in [-0.05, 0) is 18.6 Å². The van der Waals surface area contributed by atoms with Crippen LogP contribution >= 0.6 is 0 Å². The lowest BCUT2D eigenvalue weighted by Crippen LogP contribution is -2.30. The number of nitrogens with zero attached hydrogens (tertiary/aromatic N) is 2. The van der Waals surface area contributed by atoms with Crippen molar-refractivity contribution in [2.45, 2.75) is 26.0 Å². The summed E-state index contributed by atoms with van der Waals surface area (Å²) in [7, 11) is 0. The van der Waals surface area contributed by atoms with Gasteiger partial charge in [0.1, 0.15) is 23.2 Å². The van der Waals surface area contributed by atoms with E-state index in [4.69, 9.17) is 4.74 Å². The number of rotatable bonds is 4. The fourth-order valence-electron chi connectivity index (χ4n) is 2.13. The molecule has 0 saturated carbocycles. The summed E-state index contributed by atoms with van der Waals surface area (Å²) in [6, 6.07) is 8.17. The van der Waals surface area contributed by atoms with Crippen LogP contribution in [0.15, 0.2) is 28.9 Å². The zero-order chi connectivity index (χ0) is 12.4. The van der Waals surface area contributed by atoms with E-state index < -0.39 is 0 Å². The Morgan fingerprint density at radius 3 is 3.00 bits per heavy atom. The van der Waals surface area contributed by atoms with E-state index in [9.17, 15) is 0 Å². The predicted octanol–water partition coefficient (Wildman–Crippen LogP) is 1.47. The summed E-state index contributed by atoms with van der Waals surface area (Å²) in [5.74, 6) is 1.00. The molecule has 0 radical (unpaired) electrons. The highest BCUT2D eigenvalue weighted by molar-refractivity contribution is 5.37. The van der Waals surface area contributed by atoms with Gasteiger partial charge in [0.15, 0.2) is 0 Å². The van der Waals surface area contributed by atoms with Gasteiger partial charge in [0.2, 0.25) is 0 Å². The molecule has 2 aromatic rings. The third-order valence-corrected chi connectivity index (χ3v) is 3.12. The Morgan fingerprint density at radius 1 is 1.33 bits per heavy atom. The number of hydrogen-bond donors (Lipinski definition) is 1. The zero-order valence-electron chi connectivity index (χ0n) is 10.2. The van der Waals surface area contributed by atoms with E-state index in [1.165, 1.54) is 5.56 Å². The quantitative estimate of drug-likeness (QED) is 0.884. The molecule has 3 rings (SSSR count). The summed E-state index contributed by atoms with van der Waals surface area (Å²) in [5, 5.41) is 10.9. The van der Waals surface area contributed by atoms with Crippen molar-refractivity contribution in [2.24, 2.45) is 0 Å². The Morgan fingerprint density at radius 2 is 2.22 bits per heavy atom. The molecular formula is C13H15N3O2. The number of ether oxygens (including phenoxy) is 1.